The first-order valence-electron chi connectivity index (χ1n) is 7.86. The van der Waals surface area contributed by atoms with Crippen LogP contribution >= 0.6 is 0 Å². The summed E-state index contributed by atoms with van der Waals surface area (Å²) in [4.78, 5) is 22.7. The molecule has 0 spiro atoms. The highest BCUT2D eigenvalue weighted by atomic mass is 16.5. The van der Waals surface area contributed by atoms with Gasteiger partial charge in [-0.2, -0.15) is 5.10 Å². The van der Waals surface area contributed by atoms with Crippen molar-refractivity contribution in [3.63, 3.8) is 0 Å². The first-order valence-corrected chi connectivity index (χ1v) is 7.86. The van der Waals surface area contributed by atoms with E-state index in [-0.39, 0.29) is 19.4 Å². The van der Waals surface area contributed by atoms with Gasteiger partial charge in [-0.05, 0) is 30.2 Å². The number of carboxylic acid groups (broad SMARTS) is 1. The van der Waals surface area contributed by atoms with E-state index in [1.54, 1.807) is 6.07 Å². The van der Waals surface area contributed by atoms with Gasteiger partial charge in [0.15, 0.2) is 6.61 Å². The van der Waals surface area contributed by atoms with Crippen LogP contribution in [0.5, 0.6) is 5.75 Å². The number of hydrazone groups is 1. The average Bonchev–Trinajstić information content (AvgIpc) is 2.60. The van der Waals surface area contributed by atoms with Crippen molar-refractivity contribution in [3.8, 4) is 5.75 Å². The molecule has 0 aromatic heterocycles. The summed E-state index contributed by atoms with van der Waals surface area (Å²) >= 11 is 0. The van der Waals surface area contributed by atoms with E-state index in [1.165, 1.54) is 0 Å². The molecule has 0 bridgehead atoms. The molecule has 6 nitrogen and oxygen atoms in total. The van der Waals surface area contributed by atoms with E-state index in [1.807, 2.05) is 55.5 Å². The standard InChI is InChI=1S/C19H20N2O4/c1-14-6-5-9-16(12-14)25-13-18(22)21-20-17(10-11-19(23)24)15-7-3-2-4-8-15/h2-9,12H,10-11,13H2,1H3,(H,21,22)(H,23,24). The van der Waals surface area contributed by atoms with Crippen LogP contribution in [-0.2, 0) is 9.59 Å². The first-order chi connectivity index (χ1) is 12.0. The minimum Gasteiger partial charge on any atom is -0.484 e. The average molecular weight is 340 g/mol. The number of carboxylic acids is 1. The van der Waals surface area contributed by atoms with E-state index >= 15 is 0 Å². The van der Waals surface area contributed by atoms with Gasteiger partial charge in [-0.3, -0.25) is 9.59 Å². The second kappa shape index (κ2) is 9.22. The zero-order chi connectivity index (χ0) is 18.1. The lowest BCUT2D eigenvalue weighted by Gasteiger charge is -2.08. The molecule has 2 rings (SSSR count). The van der Waals surface area contributed by atoms with Crippen LogP contribution in [0.15, 0.2) is 59.7 Å². The third-order valence-corrected chi connectivity index (χ3v) is 3.36. The Morgan fingerprint density at radius 3 is 2.52 bits per heavy atom. The fourth-order valence-electron chi connectivity index (χ4n) is 2.14. The molecule has 0 radical (unpaired) electrons. The molecule has 0 saturated heterocycles. The summed E-state index contributed by atoms with van der Waals surface area (Å²) in [6.07, 6.45) is 0.155. The van der Waals surface area contributed by atoms with Crippen molar-refractivity contribution in [3.05, 3.63) is 65.7 Å². The summed E-state index contributed by atoms with van der Waals surface area (Å²) in [6, 6.07) is 16.5. The minimum absolute atomic E-state index is 0.0661. The molecule has 0 fully saturated rings. The summed E-state index contributed by atoms with van der Waals surface area (Å²) in [5, 5.41) is 12.9. The molecule has 6 heteroatoms. The summed E-state index contributed by atoms with van der Waals surface area (Å²) in [7, 11) is 0. The van der Waals surface area contributed by atoms with Crippen LogP contribution in [0.3, 0.4) is 0 Å². The highest BCUT2D eigenvalue weighted by Gasteiger charge is 2.08. The third-order valence-electron chi connectivity index (χ3n) is 3.36. The van der Waals surface area contributed by atoms with Gasteiger partial charge in [0, 0.05) is 6.42 Å². The largest absolute Gasteiger partial charge is 0.484 e. The van der Waals surface area contributed by atoms with Crippen LogP contribution in [-0.4, -0.2) is 29.3 Å². The van der Waals surface area contributed by atoms with Crippen molar-refractivity contribution in [1.82, 2.24) is 5.43 Å². The first kappa shape index (κ1) is 18.2. The molecule has 0 aliphatic rings. The fraction of sp³-hybridized carbons (Fsp3) is 0.211. The van der Waals surface area contributed by atoms with Gasteiger partial charge in [-0.25, -0.2) is 5.43 Å². The number of nitrogens with zero attached hydrogens (tertiary/aromatic N) is 1. The lowest BCUT2D eigenvalue weighted by atomic mass is 10.1. The van der Waals surface area contributed by atoms with E-state index in [0.29, 0.717) is 11.5 Å². The molecular weight excluding hydrogens is 320 g/mol. The van der Waals surface area contributed by atoms with E-state index in [0.717, 1.165) is 11.1 Å². The molecule has 1 amide bonds. The van der Waals surface area contributed by atoms with Crippen molar-refractivity contribution in [1.29, 1.82) is 0 Å². The Kier molecular flexibility index (Phi) is 6.71. The van der Waals surface area contributed by atoms with E-state index < -0.39 is 11.9 Å². The van der Waals surface area contributed by atoms with Gasteiger partial charge >= 0.3 is 5.97 Å². The zero-order valence-corrected chi connectivity index (χ0v) is 13.9. The Bertz CT molecular complexity index is 757. The zero-order valence-electron chi connectivity index (χ0n) is 13.9. The number of amides is 1. The molecule has 2 aromatic carbocycles. The van der Waals surface area contributed by atoms with E-state index in [9.17, 15) is 9.59 Å². The summed E-state index contributed by atoms with van der Waals surface area (Å²) in [5.41, 5.74) is 4.73. The van der Waals surface area contributed by atoms with Gasteiger partial charge in [0.2, 0.25) is 0 Å². The van der Waals surface area contributed by atoms with Crippen molar-refractivity contribution >= 4 is 17.6 Å². The predicted molar refractivity (Wildman–Crippen MR) is 94.7 cm³/mol. The second-order valence-electron chi connectivity index (χ2n) is 5.46. The normalized spacial score (nSPS) is 11.0. The summed E-state index contributed by atoms with van der Waals surface area (Å²) < 4.78 is 5.41. The molecule has 0 unspecified atom stereocenters. The Balaban J connectivity index is 1.96. The second-order valence-corrected chi connectivity index (χ2v) is 5.46. The van der Waals surface area contributed by atoms with Crippen LogP contribution in [0, 0.1) is 6.92 Å². The minimum atomic E-state index is -0.919. The number of hydrogen-bond acceptors (Lipinski definition) is 4. The maximum Gasteiger partial charge on any atom is 0.303 e. The lowest BCUT2D eigenvalue weighted by molar-refractivity contribution is -0.136. The lowest BCUT2D eigenvalue weighted by Crippen LogP contribution is -2.26. The number of aliphatic carboxylic acids is 1. The molecule has 0 aliphatic carbocycles. The van der Waals surface area contributed by atoms with Crippen LogP contribution in [0.1, 0.15) is 24.0 Å². The van der Waals surface area contributed by atoms with Gasteiger partial charge in [0.05, 0.1) is 12.1 Å². The van der Waals surface area contributed by atoms with Crippen molar-refractivity contribution in [2.75, 3.05) is 6.61 Å². The summed E-state index contributed by atoms with van der Waals surface area (Å²) in [5.74, 6) is -0.726. The summed E-state index contributed by atoms with van der Waals surface area (Å²) in [6.45, 7) is 1.76. The van der Waals surface area contributed by atoms with Crippen molar-refractivity contribution < 1.29 is 19.4 Å². The van der Waals surface area contributed by atoms with Crippen molar-refractivity contribution in [2.45, 2.75) is 19.8 Å². The monoisotopic (exact) mass is 340 g/mol. The molecule has 130 valence electrons. The Morgan fingerprint density at radius 1 is 1.08 bits per heavy atom. The maximum absolute atomic E-state index is 11.9. The molecule has 25 heavy (non-hydrogen) atoms. The maximum atomic E-state index is 11.9. The number of hydrogen-bond donors (Lipinski definition) is 2. The fourth-order valence-corrected chi connectivity index (χ4v) is 2.14. The molecule has 2 aromatic rings. The predicted octanol–water partition coefficient (Wildman–Crippen LogP) is 2.76. The number of rotatable bonds is 8. The number of carbonyl (C=O) groups is 2. The molecule has 0 aliphatic heterocycles. The number of nitrogens with one attached hydrogen (secondary N) is 1. The van der Waals surface area contributed by atoms with Gasteiger partial charge < -0.3 is 9.84 Å². The van der Waals surface area contributed by atoms with Crippen molar-refractivity contribution in [2.24, 2.45) is 5.10 Å². The van der Waals surface area contributed by atoms with Crippen LogP contribution in [0.2, 0.25) is 0 Å². The molecular formula is C19H20N2O4. The van der Waals surface area contributed by atoms with E-state index in [2.05, 4.69) is 10.5 Å². The number of carbonyl (C=O) groups excluding carboxylic acids is 1. The van der Waals surface area contributed by atoms with Gasteiger partial charge in [-0.15, -0.1) is 0 Å². The third kappa shape index (κ3) is 6.47. The van der Waals surface area contributed by atoms with Gasteiger partial charge in [0.1, 0.15) is 5.75 Å². The molecule has 0 saturated carbocycles. The van der Waals surface area contributed by atoms with Crippen LogP contribution in [0.25, 0.3) is 0 Å². The highest BCUT2D eigenvalue weighted by Crippen LogP contribution is 2.12. The van der Waals surface area contributed by atoms with Gasteiger partial charge in [-0.1, -0.05) is 42.5 Å². The smallest absolute Gasteiger partial charge is 0.303 e. The quantitative estimate of drug-likeness (QED) is 0.571. The highest BCUT2D eigenvalue weighted by molar-refractivity contribution is 6.02. The topological polar surface area (TPSA) is 88.0 Å². The number of aryl methyl sites for hydroxylation is 1. The van der Waals surface area contributed by atoms with Gasteiger partial charge in [0.25, 0.3) is 5.91 Å². The Morgan fingerprint density at radius 2 is 1.84 bits per heavy atom. The SMILES string of the molecule is Cc1cccc(OCC(=O)NN=C(CCC(=O)O)c2ccccc2)c1. The van der Waals surface area contributed by atoms with Crippen LogP contribution < -0.4 is 10.2 Å². The number of benzene rings is 2. The number of ether oxygens (including phenoxy) is 1. The van der Waals surface area contributed by atoms with Crippen LogP contribution in [0.4, 0.5) is 0 Å². The Labute approximate surface area is 146 Å². The molecule has 0 heterocycles. The molecule has 2 N–H and O–H groups in total. The Hall–Kier alpha value is -3.15. The molecule has 0 atom stereocenters. The van der Waals surface area contributed by atoms with E-state index in [4.69, 9.17) is 9.84 Å².